The van der Waals surface area contributed by atoms with Gasteiger partial charge < -0.3 is 10.2 Å². The van der Waals surface area contributed by atoms with E-state index < -0.39 is 0 Å². The Balaban J connectivity index is 2.13. The predicted octanol–water partition coefficient (Wildman–Crippen LogP) is 1.36. The van der Waals surface area contributed by atoms with E-state index in [2.05, 4.69) is 20.2 Å². The van der Waals surface area contributed by atoms with E-state index in [0.29, 0.717) is 6.04 Å². The third-order valence-corrected chi connectivity index (χ3v) is 3.09. The van der Waals surface area contributed by atoms with Gasteiger partial charge in [0.05, 0.1) is 0 Å². The maximum absolute atomic E-state index is 4.42. The van der Waals surface area contributed by atoms with E-state index in [1.54, 1.807) is 0 Å². The first-order valence-electron chi connectivity index (χ1n) is 6.01. The highest BCUT2D eigenvalue weighted by Crippen LogP contribution is 2.20. The smallest absolute Gasteiger partial charge is 0.225 e. The van der Waals surface area contributed by atoms with Crippen LogP contribution in [0.15, 0.2) is 12.4 Å². The van der Waals surface area contributed by atoms with E-state index in [4.69, 9.17) is 0 Å². The van der Waals surface area contributed by atoms with Gasteiger partial charge in [-0.3, -0.25) is 0 Å². The molecule has 0 aliphatic carbocycles. The van der Waals surface area contributed by atoms with Crippen LogP contribution >= 0.6 is 0 Å². The van der Waals surface area contributed by atoms with Gasteiger partial charge in [-0.05, 0) is 38.8 Å². The van der Waals surface area contributed by atoms with Gasteiger partial charge in [-0.15, -0.1) is 0 Å². The summed E-state index contributed by atoms with van der Waals surface area (Å²) in [5.74, 6) is 0.880. The zero-order valence-corrected chi connectivity index (χ0v) is 10.1. The highest BCUT2D eigenvalue weighted by molar-refractivity contribution is 5.32. The second kappa shape index (κ2) is 5.25. The van der Waals surface area contributed by atoms with Gasteiger partial charge in [0, 0.05) is 31.5 Å². The molecule has 0 radical (unpaired) electrons. The number of nitrogens with zero attached hydrogens (tertiary/aromatic N) is 3. The van der Waals surface area contributed by atoms with Crippen LogP contribution in [0, 0.1) is 6.92 Å². The standard InChI is InChI=1S/C12H20N4/c1-10-7-14-12(15-8-10)16-6-4-3-5-11(16)9-13-2/h7-8,11,13H,3-6,9H2,1-2H3. The predicted molar refractivity (Wildman–Crippen MR) is 65.7 cm³/mol. The lowest BCUT2D eigenvalue weighted by Gasteiger charge is -2.35. The van der Waals surface area contributed by atoms with Crippen LogP contribution in [-0.4, -0.2) is 36.1 Å². The summed E-state index contributed by atoms with van der Waals surface area (Å²) in [7, 11) is 2.00. The molecule has 2 rings (SSSR count). The first-order valence-corrected chi connectivity index (χ1v) is 6.01. The third-order valence-electron chi connectivity index (χ3n) is 3.09. The number of likely N-dealkylation sites (N-methyl/N-ethyl adjacent to an activating group) is 1. The number of aromatic nitrogens is 2. The molecule has 1 saturated heterocycles. The lowest BCUT2D eigenvalue weighted by atomic mass is 10.0. The molecule has 0 spiro atoms. The van der Waals surface area contributed by atoms with Crippen LogP contribution in [0.1, 0.15) is 24.8 Å². The molecule has 0 bridgehead atoms. The van der Waals surface area contributed by atoms with Crippen molar-refractivity contribution >= 4 is 5.95 Å². The molecule has 1 atom stereocenters. The van der Waals surface area contributed by atoms with Crippen LogP contribution in [0.5, 0.6) is 0 Å². The lowest BCUT2D eigenvalue weighted by Crippen LogP contribution is -2.45. The number of hydrogen-bond acceptors (Lipinski definition) is 4. The zero-order chi connectivity index (χ0) is 11.4. The van der Waals surface area contributed by atoms with Crippen molar-refractivity contribution in [3.8, 4) is 0 Å². The summed E-state index contributed by atoms with van der Waals surface area (Å²) < 4.78 is 0. The molecular weight excluding hydrogens is 200 g/mol. The summed E-state index contributed by atoms with van der Waals surface area (Å²) in [6.07, 6.45) is 7.59. The molecule has 2 heterocycles. The Kier molecular flexibility index (Phi) is 3.72. The van der Waals surface area contributed by atoms with Gasteiger partial charge >= 0.3 is 0 Å². The minimum atomic E-state index is 0.543. The van der Waals surface area contributed by atoms with Crippen molar-refractivity contribution in [2.45, 2.75) is 32.2 Å². The summed E-state index contributed by atoms with van der Waals surface area (Å²) >= 11 is 0. The molecule has 0 amide bonds. The fraction of sp³-hybridized carbons (Fsp3) is 0.667. The van der Waals surface area contributed by atoms with Crippen molar-refractivity contribution in [3.05, 3.63) is 18.0 Å². The SMILES string of the molecule is CNCC1CCCCN1c1ncc(C)cn1. The molecule has 1 unspecified atom stereocenters. The van der Waals surface area contributed by atoms with Crippen LogP contribution in [0.2, 0.25) is 0 Å². The number of aryl methyl sites for hydroxylation is 1. The van der Waals surface area contributed by atoms with E-state index in [1.807, 2.05) is 26.4 Å². The number of hydrogen-bond donors (Lipinski definition) is 1. The normalized spacial score (nSPS) is 21.1. The van der Waals surface area contributed by atoms with Crippen LogP contribution in [0.25, 0.3) is 0 Å². The average Bonchev–Trinajstić information content (AvgIpc) is 2.32. The Morgan fingerprint density at radius 3 is 2.81 bits per heavy atom. The number of rotatable bonds is 3. The highest BCUT2D eigenvalue weighted by Gasteiger charge is 2.23. The quantitative estimate of drug-likeness (QED) is 0.835. The van der Waals surface area contributed by atoms with Gasteiger partial charge in [0.25, 0.3) is 0 Å². The van der Waals surface area contributed by atoms with Crippen molar-refractivity contribution in [3.63, 3.8) is 0 Å². The van der Waals surface area contributed by atoms with Gasteiger partial charge in [-0.25, -0.2) is 9.97 Å². The Bertz CT molecular complexity index is 320. The molecule has 1 aromatic rings. The summed E-state index contributed by atoms with van der Waals surface area (Å²) in [5, 5.41) is 3.25. The monoisotopic (exact) mass is 220 g/mol. The molecule has 4 nitrogen and oxygen atoms in total. The van der Waals surface area contributed by atoms with Crippen molar-refractivity contribution in [1.29, 1.82) is 0 Å². The van der Waals surface area contributed by atoms with Gasteiger partial charge in [0.2, 0.25) is 5.95 Å². The largest absolute Gasteiger partial charge is 0.337 e. The van der Waals surface area contributed by atoms with Gasteiger partial charge in [-0.2, -0.15) is 0 Å². The fourth-order valence-electron chi connectivity index (χ4n) is 2.25. The Morgan fingerprint density at radius 2 is 2.12 bits per heavy atom. The number of anilines is 1. The molecule has 16 heavy (non-hydrogen) atoms. The molecule has 0 aromatic carbocycles. The average molecular weight is 220 g/mol. The molecule has 1 aliphatic heterocycles. The Morgan fingerprint density at radius 1 is 1.38 bits per heavy atom. The zero-order valence-electron chi connectivity index (χ0n) is 10.1. The third kappa shape index (κ3) is 2.50. The number of nitrogens with one attached hydrogen (secondary N) is 1. The fourth-order valence-corrected chi connectivity index (χ4v) is 2.25. The first kappa shape index (κ1) is 11.3. The summed E-state index contributed by atoms with van der Waals surface area (Å²) in [4.78, 5) is 11.2. The van der Waals surface area contributed by atoms with E-state index >= 15 is 0 Å². The first-order chi connectivity index (χ1) is 7.81. The minimum absolute atomic E-state index is 0.543. The molecule has 88 valence electrons. The van der Waals surface area contributed by atoms with Crippen LogP contribution in [0.3, 0.4) is 0 Å². The van der Waals surface area contributed by atoms with Crippen LogP contribution in [0.4, 0.5) is 5.95 Å². The second-order valence-corrected chi connectivity index (χ2v) is 4.46. The highest BCUT2D eigenvalue weighted by atomic mass is 15.3. The van der Waals surface area contributed by atoms with E-state index in [-0.39, 0.29) is 0 Å². The minimum Gasteiger partial charge on any atom is -0.337 e. The van der Waals surface area contributed by atoms with Crippen LogP contribution < -0.4 is 10.2 Å². The van der Waals surface area contributed by atoms with Gasteiger partial charge in [0.1, 0.15) is 0 Å². The van der Waals surface area contributed by atoms with E-state index in [1.165, 1.54) is 19.3 Å². The van der Waals surface area contributed by atoms with E-state index in [9.17, 15) is 0 Å². The summed E-state index contributed by atoms with van der Waals surface area (Å²) in [6.45, 7) is 4.11. The molecule has 1 aliphatic rings. The van der Waals surface area contributed by atoms with Crippen molar-refractivity contribution in [1.82, 2.24) is 15.3 Å². The molecule has 1 aromatic heterocycles. The molecule has 0 saturated carbocycles. The van der Waals surface area contributed by atoms with Crippen molar-refractivity contribution < 1.29 is 0 Å². The lowest BCUT2D eigenvalue weighted by molar-refractivity contribution is 0.440. The molecule has 1 fully saturated rings. The maximum Gasteiger partial charge on any atom is 0.225 e. The van der Waals surface area contributed by atoms with Gasteiger partial charge in [-0.1, -0.05) is 0 Å². The second-order valence-electron chi connectivity index (χ2n) is 4.46. The summed E-state index contributed by atoms with van der Waals surface area (Å²) in [6, 6.07) is 0.543. The van der Waals surface area contributed by atoms with Crippen LogP contribution in [-0.2, 0) is 0 Å². The van der Waals surface area contributed by atoms with Gasteiger partial charge in [0.15, 0.2) is 0 Å². The Labute approximate surface area is 97.1 Å². The molecule has 1 N–H and O–H groups in total. The molecular formula is C12H20N4. The molecule has 4 heteroatoms. The summed E-state index contributed by atoms with van der Waals surface area (Å²) in [5.41, 5.74) is 1.12. The number of piperidine rings is 1. The topological polar surface area (TPSA) is 41.0 Å². The van der Waals surface area contributed by atoms with Crippen molar-refractivity contribution in [2.24, 2.45) is 0 Å². The Hall–Kier alpha value is -1.16. The van der Waals surface area contributed by atoms with Crippen molar-refractivity contribution in [2.75, 3.05) is 25.0 Å². The maximum atomic E-state index is 4.42. The van der Waals surface area contributed by atoms with E-state index in [0.717, 1.165) is 24.6 Å².